The van der Waals surface area contributed by atoms with Gasteiger partial charge in [0.2, 0.25) is 17.7 Å². The maximum Gasteiger partial charge on any atom is 0.244 e. The Bertz CT molecular complexity index is 756. The average molecular weight is 484 g/mol. The topological polar surface area (TPSA) is 114 Å². The predicted octanol–water partition coefficient (Wildman–Crippen LogP) is 1.97. The second-order valence-electron chi connectivity index (χ2n) is 8.32. The van der Waals surface area contributed by atoms with Gasteiger partial charge in [-0.05, 0) is 25.3 Å². The molecule has 0 saturated carbocycles. The van der Waals surface area contributed by atoms with Crippen molar-refractivity contribution in [1.82, 2.24) is 16.0 Å². The van der Waals surface area contributed by atoms with Crippen LogP contribution < -0.4 is 16.0 Å². The summed E-state index contributed by atoms with van der Waals surface area (Å²) in [6.45, 7) is 9.26. The summed E-state index contributed by atoms with van der Waals surface area (Å²) in [5.41, 5.74) is 0. The Hall–Kier alpha value is -1.94. The number of fused-ring (bicyclic) bond motifs is 7. The third-order valence-corrected chi connectivity index (χ3v) is 7.66. The molecule has 0 aromatic heterocycles. The van der Waals surface area contributed by atoms with E-state index in [9.17, 15) is 19.2 Å². The van der Waals surface area contributed by atoms with Crippen LogP contribution in [0.5, 0.6) is 0 Å². The highest BCUT2D eigenvalue weighted by Gasteiger charge is 2.31. The SMILES string of the molecule is C=C1CNC(=O)[C@@H](C)NC(=O)[C@H]2CSSCC/C=C/C(CC(=O)C[C@H](C(C)C)C(=O)N2)O1. The molecule has 2 aliphatic rings. The molecule has 0 aliphatic carbocycles. The molecule has 2 aliphatic heterocycles. The Morgan fingerprint density at radius 2 is 1.81 bits per heavy atom. The van der Waals surface area contributed by atoms with Gasteiger partial charge in [0, 0.05) is 30.3 Å². The van der Waals surface area contributed by atoms with Crippen molar-refractivity contribution >= 4 is 45.1 Å². The van der Waals surface area contributed by atoms with Crippen LogP contribution in [0.2, 0.25) is 0 Å². The Labute approximate surface area is 197 Å². The van der Waals surface area contributed by atoms with E-state index in [1.54, 1.807) is 17.7 Å². The summed E-state index contributed by atoms with van der Waals surface area (Å²) < 4.78 is 5.85. The van der Waals surface area contributed by atoms with E-state index < -0.39 is 35.9 Å². The molecule has 8 nitrogen and oxygen atoms in total. The Balaban J connectivity index is 2.40. The minimum atomic E-state index is -0.814. The van der Waals surface area contributed by atoms with Gasteiger partial charge in [-0.15, -0.1) is 0 Å². The first kappa shape index (κ1) is 26.3. The van der Waals surface area contributed by atoms with Gasteiger partial charge in [0.25, 0.3) is 0 Å². The van der Waals surface area contributed by atoms with E-state index in [-0.39, 0.29) is 37.0 Å². The molecule has 3 amide bonds. The highest BCUT2D eigenvalue weighted by molar-refractivity contribution is 8.76. The zero-order valence-electron chi connectivity index (χ0n) is 18.8. The van der Waals surface area contributed by atoms with Crippen LogP contribution in [0.15, 0.2) is 24.5 Å². The minimum Gasteiger partial charge on any atom is -0.489 e. The Morgan fingerprint density at radius 1 is 1.06 bits per heavy atom. The summed E-state index contributed by atoms with van der Waals surface area (Å²) in [7, 11) is 3.09. The molecule has 32 heavy (non-hydrogen) atoms. The summed E-state index contributed by atoms with van der Waals surface area (Å²) in [5.74, 6) is -0.462. The molecule has 0 spiro atoms. The smallest absolute Gasteiger partial charge is 0.244 e. The number of carbonyl (C=O) groups is 4. The molecular weight excluding hydrogens is 450 g/mol. The van der Waals surface area contributed by atoms with E-state index in [2.05, 4.69) is 22.5 Å². The molecule has 178 valence electrons. The molecule has 1 fully saturated rings. The number of ketones is 1. The van der Waals surface area contributed by atoms with Crippen LogP contribution in [0.3, 0.4) is 0 Å². The number of hydrogen-bond acceptors (Lipinski definition) is 7. The van der Waals surface area contributed by atoms with Gasteiger partial charge in [0.05, 0.1) is 6.54 Å². The highest BCUT2D eigenvalue weighted by atomic mass is 33.1. The van der Waals surface area contributed by atoms with Gasteiger partial charge in [-0.2, -0.15) is 0 Å². The van der Waals surface area contributed by atoms with Crippen molar-refractivity contribution in [3.8, 4) is 0 Å². The van der Waals surface area contributed by atoms with Crippen molar-refractivity contribution in [3.63, 3.8) is 0 Å². The first-order chi connectivity index (χ1) is 15.2. The molecule has 1 unspecified atom stereocenters. The van der Waals surface area contributed by atoms with Gasteiger partial charge in [0.1, 0.15) is 29.7 Å². The van der Waals surface area contributed by atoms with E-state index in [1.807, 2.05) is 26.0 Å². The molecule has 0 aromatic carbocycles. The van der Waals surface area contributed by atoms with Crippen molar-refractivity contribution in [2.75, 3.05) is 18.1 Å². The fraction of sp³-hybridized carbons (Fsp3) is 0.636. The van der Waals surface area contributed by atoms with Gasteiger partial charge < -0.3 is 20.7 Å². The van der Waals surface area contributed by atoms with E-state index in [0.29, 0.717) is 11.5 Å². The average Bonchev–Trinajstić information content (AvgIpc) is 2.72. The van der Waals surface area contributed by atoms with Crippen molar-refractivity contribution in [2.24, 2.45) is 11.8 Å². The molecule has 0 aromatic rings. The van der Waals surface area contributed by atoms with Gasteiger partial charge in [-0.1, -0.05) is 48.1 Å². The number of nitrogens with one attached hydrogen (secondary N) is 3. The molecule has 10 heteroatoms. The Kier molecular flexibility index (Phi) is 10.6. The second-order valence-corrected chi connectivity index (χ2v) is 11.0. The largest absolute Gasteiger partial charge is 0.489 e. The van der Waals surface area contributed by atoms with Gasteiger partial charge in [-0.25, -0.2) is 0 Å². The van der Waals surface area contributed by atoms with E-state index in [0.717, 1.165) is 12.2 Å². The second kappa shape index (κ2) is 12.9. The van der Waals surface area contributed by atoms with Crippen LogP contribution in [0.1, 0.15) is 40.0 Å². The molecule has 4 atom stereocenters. The van der Waals surface area contributed by atoms with Gasteiger partial charge in [-0.3, -0.25) is 19.2 Å². The number of amides is 3. The lowest BCUT2D eigenvalue weighted by molar-refractivity contribution is -0.135. The van der Waals surface area contributed by atoms with Crippen LogP contribution in [0, 0.1) is 11.8 Å². The predicted molar refractivity (Wildman–Crippen MR) is 128 cm³/mol. The fourth-order valence-corrected chi connectivity index (χ4v) is 5.46. The Morgan fingerprint density at radius 3 is 2.53 bits per heavy atom. The molecule has 2 heterocycles. The van der Waals surface area contributed by atoms with E-state index in [4.69, 9.17) is 4.74 Å². The van der Waals surface area contributed by atoms with Gasteiger partial charge >= 0.3 is 0 Å². The highest BCUT2D eigenvalue weighted by Crippen LogP contribution is 2.25. The third kappa shape index (κ3) is 8.54. The lowest BCUT2D eigenvalue weighted by atomic mass is 9.88. The molecular formula is C22H33N3O5S2. The molecule has 0 radical (unpaired) electrons. The number of carbonyl (C=O) groups excluding carboxylic acids is 4. The molecule has 3 N–H and O–H groups in total. The normalized spacial score (nSPS) is 30.6. The third-order valence-electron chi connectivity index (χ3n) is 5.22. The summed E-state index contributed by atoms with van der Waals surface area (Å²) >= 11 is 0. The summed E-state index contributed by atoms with van der Waals surface area (Å²) in [6.07, 6.45) is 4.21. The van der Waals surface area contributed by atoms with Crippen LogP contribution in [-0.2, 0) is 23.9 Å². The first-order valence-corrected chi connectivity index (χ1v) is 13.3. The first-order valence-electron chi connectivity index (χ1n) is 10.8. The number of allylic oxidation sites excluding steroid dienone is 1. The standard InChI is InChI=1S/C22H33N3O5S2/c1-13(2)18-10-16(26)9-17-7-5-6-8-31-32-12-19(25-21(18)28)22(29)24-15(4)20(27)23-11-14(3)30-17/h5,7,13,15,17-19H,3,6,8-12H2,1-2,4H3,(H,23,27)(H,24,29)(H,25,28)/b7-5+/t15-,17?,18-,19-/m1/s1. The molecule has 1 saturated heterocycles. The van der Waals surface area contributed by atoms with Crippen molar-refractivity contribution in [2.45, 2.75) is 58.2 Å². The lowest BCUT2D eigenvalue weighted by Crippen LogP contribution is -2.55. The molecule has 2 rings (SSSR count). The number of ether oxygens (including phenoxy) is 1. The van der Waals surface area contributed by atoms with Crippen LogP contribution >= 0.6 is 21.6 Å². The van der Waals surface area contributed by atoms with Gasteiger partial charge in [0.15, 0.2) is 0 Å². The number of rotatable bonds is 1. The number of Topliss-reactive ketones (excluding diaryl/α,β-unsaturated/α-hetero) is 1. The van der Waals surface area contributed by atoms with Crippen LogP contribution in [0.25, 0.3) is 0 Å². The van der Waals surface area contributed by atoms with E-state index in [1.165, 1.54) is 10.8 Å². The fourth-order valence-electron chi connectivity index (χ4n) is 3.31. The summed E-state index contributed by atoms with van der Waals surface area (Å²) in [6, 6.07) is -1.61. The van der Waals surface area contributed by atoms with Crippen molar-refractivity contribution in [3.05, 3.63) is 24.5 Å². The zero-order chi connectivity index (χ0) is 23.7. The zero-order valence-corrected chi connectivity index (χ0v) is 20.5. The maximum atomic E-state index is 13.0. The quantitative estimate of drug-likeness (QED) is 0.386. The minimum absolute atomic E-state index is 0.0625. The van der Waals surface area contributed by atoms with E-state index >= 15 is 0 Å². The summed E-state index contributed by atoms with van der Waals surface area (Å²) in [4.78, 5) is 51.2. The molecule has 2 bridgehead atoms. The monoisotopic (exact) mass is 483 g/mol. The lowest BCUT2D eigenvalue weighted by Gasteiger charge is -2.26. The van der Waals surface area contributed by atoms with Crippen molar-refractivity contribution in [1.29, 1.82) is 0 Å². The van der Waals surface area contributed by atoms with Crippen LogP contribution in [0.4, 0.5) is 0 Å². The summed E-state index contributed by atoms with van der Waals surface area (Å²) in [5, 5.41) is 8.17. The number of hydrogen-bond donors (Lipinski definition) is 3. The maximum absolute atomic E-state index is 13.0. The van der Waals surface area contributed by atoms with Crippen LogP contribution in [-0.4, -0.2) is 59.7 Å². The van der Waals surface area contributed by atoms with Crippen molar-refractivity contribution < 1.29 is 23.9 Å².